The van der Waals surface area contributed by atoms with Gasteiger partial charge in [0.05, 0.1) is 0 Å². The normalized spacial score (nSPS) is 16.3. The summed E-state index contributed by atoms with van der Waals surface area (Å²) in [6.45, 7) is 4.19. The Balaban J connectivity index is 2.86. The fourth-order valence-electron chi connectivity index (χ4n) is 1.71. The summed E-state index contributed by atoms with van der Waals surface area (Å²) in [6, 6.07) is 4.14. The van der Waals surface area contributed by atoms with Gasteiger partial charge in [0.1, 0.15) is 5.82 Å². The molecule has 0 bridgehead atoms. The van der Waals surface area contributed by atoms with E-state index in [9.17, 15) is 4.39 Å². The van der Waals surface area contributed by atoms with Crippen molar-refractivity contribution >= 4 is 11.6 Å². The van der Waals surface area contributed by atoms with Crippen molar-refractivity contribution in [1.82, 2.24) is 5.32 Å². The Bertz CT molecular complexity index is 389. The van der Waals surface area contributed by atoms with Crippen LogP contribution in [0.5, 0.6) is 0 Å². The second kappa shape index (κ2) is 7.04. The number of hydrogen-bond acceptors (Lipinski definition) is 3. The van der Waals surface area contributed by atoms with E-state index in [2.05, 4.69) is 5.32 Å². The zero-order chi connectivity index (χ0) is 13.7. The number of benzene rings is 1. The van der Waals surface area contributed by atoms with Crippen LogP contribution in [0.3, 0.4) is 0 Å². The molecule has 3 unspecified atom stereocenters. The first kappa shape index (κ1) is 15.4. The summed E-state index contributed by atoms with van der Waals surface area (Å²) in [4.78, 5) is 0. The fourth-order valence-corrected chi connectivity index (χ4v) is 1.89. The van der Waals surface area contributed by atoms with E-state index in [4.69, 9.17) is 22.4 Å². The molecule has 0 spiro atoms. The van der Waals surface area contributed by atoms with Crippen molar-refractivity contribution in [3.8, 4) is 0 Å². The summed E-state index contributed by atoms with van der Waals surface area (Å²) in [5.41, 5.74) is 6.14. The molecule has 0 aliphatic carbocycles. The Labute approximate surface area is 112 Å². The highest BCUT2D eigenvalue weighted by molar-refractivity contribution is 6.30. The molecule has 102 valence electrons. The summed E-state index contributed by atoms with van der Waals surface area (Å²) in [5, 5.41) is 12.8. The van der Waals surface area contributed by atoms with Crippen molar-refractivity contribution in [1.29, 1.82) is 0 Å². The van der Waals surface area contributed by atoms with E-state index in [1.54, 1.807) is 6.07 Å². The van der Waals surface area contributed by atoms with E-state index in [1.165, 1.54) is 12.1 Å². The van der Waals surface area contributed by atoms with Crippen LogP contribution in [0.2, 0.25) is 5.02 Å². The minimum absolute atomic E-state index is 0.0296. The van der Waals surface area contributed by atoms with Crippen LogP contribution in [0.25, 0.3) is 0 Å². The molecule has 1 aromatic rings. The predicted octanol–water partition coefficient (Wildman–Crippen LogP) is 2.09. The highest BCUT2D eigenvalue weighted by atomic mass is 35.5. The molecule has 0 radical (unpaired) electrons. The minimum atomic E-state index is -0.328. The second-order valence-electron chi connectivity index (χ2n) is 4.57. The van der Waals surface area contributed by atoms with Gasteiger partial charge >= 0.3 is 0 Å². The van der Waals surface area contributed by atoms with Crippen LogP contribution in [0.4, 0.5) is 4.39 Å². The lowest BCUT2D eigenvalue weighted by molar-refractivity contribution is 0.201. The highest BCUT2D eigenvalue weighted by Gasteiger charge is 2.19. The number of aliphatic hydroxyl groups excluding tert-OH is 1. The van der Waals surface area contributed by atoms with Gasteiger partial charge in [-0.1, -0.05) is 18.5 Å². The molecule has 4 N–H and O–H groups in total. The van der Waals surface area contributed by atoms with Gasteiger partial charge in [0.15, 0.2) is 0 Å². The monoisotopic (exact) mass is 274 g/mol. The van der Waals surface area contributed by atoms with E-state index >= 15 is 0 Å². The molecule has 0 amide bonds. The maximum Gasteiger partial charge on any atom is 0.128 e. The van der Waals surface area contributed by atoms with Crippen LogP contribution >= 0.6 is 11.6 Å². The molecule has 0 heterocycles. The zero-order valence-corrected chi connectivity index (χ0v) is 11.4. The standard InChI is InChI=1S/C13H20ClFN2O/c1-8(7-18)9(2)17-13(6-16)11-5-10(14)3-4-12(11)15/h3-5,8-9,13,17-18H,6-7,16H2,1-2H3. The summed E-state index contributed by atoms with van der Waals surface area (Å²) in [5.74, 6) is -0.257. The quantitative estimate of drug-likeness (QED) is 0.744. The molecule has 0 fully saturated rings. The number of rotatable bonds is 6. The third kappa shape index (κ3) is 3.92. The number of nitrogens with two attached hydrogens (primary N) is 1. The summed E-state index contributed by atoms with van der Waals surface area (Å²) < 4.78 is 13.7. The predicted molar refractivity (Wildman–Crippen MR) is 72.1 cm³/mol. The van der Waals surface area contributed by atoms with Gasteiger partial charge in [0.25, 0.3) is 0 Å². The van der Waals surface area contributed by atoms with Gasteiger partial charge in [-0.3, -0.25) is 0 Å². The third-order valence-corrected chi connectivity index (χ3v) is 3.41. The molecule has 5 heteroatoms. The van der Waals surface area contributed by atoms with Crippen LogP contribution < -0.4 is 11.1 Å². The summed E-state index contributed by atoms with van der Waals surface area (Å²) in [7, 11) is 0. The van der Waals surface area contributed by atoms with Crippen molar-refractivity contribution in [3.05, 3.63) is 34.6 Å². The maximum atomic E-state index is 13.7. The number of aliphatic hydroxyl groups is 1. The lowest BCUT2D eigenvalue weighted by Gasteiger charge is -2.26. The first-order valence-corrected chi connectivity index (χ1v) is 6.39. The topological polar surface area (TPSA) is 58.3 Å². The van der Waals surface area contributed by atoms with Gasteiger partial charge in [-0.05, 0) is 31.0 Å². The molecule has 0 aliphatic rings. The van der Waals surface area contributed by atoms with E-state index < -0.39 is 0 Å². The zero-order valence-electron chi connectivity index (χ0n) is 10.7. The molecule has 0 saturated carbocycles. The Morgan fingerprint density at radius 2 is 2.11 bits per heavy atom. The smallest absolute Gasteiger partial charge is 0.128 e. The molecular formula is C13H20ClFN2O. The van der Waals surface area contributed by atoms with E-state index in [0.717, 1.165) is 0 Å². The molecule has 1 rings (SSSR count). The van der Waals surface area contributed by atoms with Crippen LogP contribution in [0, 0.1) is 11.7 Å². The van der Waals surface area contributed by atoms with Crippen molar-refractivity contribution in [2.24, 2.45) is 11.7 Å². The Morgan fingerprint density at radius 3 is 2.67 bits per heavy atom. The lowest BCUT2D eigenvalue weighted by Crippen LogP contribution is -2.40. The second-order valence-corrected chi connectivity index (χ2v) is 5.01. The minimum Gasteiger partial charge on any atom is -0.396 e. The van der Waals surface area contributed by atoms with Crippen LogP contribution in [-0.2, 0) is 0 Å². The molecule has 0 saturated heterocycles. The van der Waals surface area contributed by atoms with Gasteiger partial charge in [-0.25, -0.2) is 4.39 Å². The Kier molecular flexibility index (Phi) is 6.02. The maximum absolute atomic E-state index is 13.7. The molecule has 3 atom stereocenters. The van der Waals surface area contributed by atoms with Crippen molar-refractivity contribution in [3.63, 3.8) is 0 Å². The molecule has 1 aromatic carbocycles. The summed E-state index contributed by atoms with van der Waals surface area (Å²) in [6.07, 6.45) is 0. The van der Waals surface area contributed by atoms with Crippen LogP contribution in [0.15, 0.2) is 18.2 Å². The number of halogens is 2. The first-order valence-electron chi connectivity index (χ1n) is 6.01. The molecule has 0 aromatic heterocycles. The first-order chi connectivity index (χ1) is 8.49. The third-order valence-electron chi connectivity index (χ3n) is 3.17. The average molecular weight is 275 g/mol. The van der Waals surface area contributed by atoms with Gasteiger partial charge in [0, 0.05) is 35.8 Å². The van der Waals surface area contributed by atoms with E-state index in [1.807, 2.05) is 13.8 Å². The average Bonchev–Trinajstić information content (AvgIpc) is 2.37. The highest BCUT2D eigenvalue weighted by Crippen LogP contribution is 2.22. The SMILES string of the molecule is CC(CO)C(C)NC(CN)c1cc(Cl)ccc1F. The molecule has 3 nitrogen and oxygen atoms in total. The van der Waals surface area contributed by atoms with Gasteiger partial charge in [-0.15, -0.1) is 0 Å². The Hall–Kier alpha value is -0.680. The number of hydrogen-bond donors (Lipinski definition) is 3. The molecular weight excluding hydrogens is 255 g/mol. The van der Waals surface area contributed by atoms with E-state index in [-0.39, 0.29) is 37.0 Å². The van der Waals surface area contributed by atoms with Crippen LogP contribution in [-0.4, -0.2) is 24.3 Å². The molecule has 18 heavy (non-hydrogen) atoms. The van der Waals surface area contributed by atoms with Gasteiger partial charge in [-0.2, -0.15) is 0 Å². The Morgan fingerprint density at radius 1 is 1.44 bits per heavy atom. The number of nitrogens with one attached hydrogen (secondary N) is 1. The lowest BCUT2D eigenvalue weighted by atomic mass is 10.0. The van der Waals surface area contributed by atoms with Crippen molar-refractivity contribution in [2.45, 2.75) is 25.9 Å². The summed E-state index contributed by atoms with van der Waals surface area (Å²) >= 11 is 5.87. The van der Waals surface area contributed by atoms with Gasteiger partial charge in [0.2, 0.25) is 0 Å². The van der Waals surface area contributed by atoms with E-state index in [0.29, 0.717) is 10.6 Å². The molecule has 0 aliphatic heterocycles. The van der Waals surface area contributed by atoms with Crippen molar-refractivity contribution < 1.29 is 9.50 Å². The van der Waals surface area contributed by atoms with Crippen molar-refractivity contribution in [2.75, 3.05) is 13.2 Å². The van der Waals surface area contributed by atoms with Gasteiger partial charge < -0.3 is 16.2 Å². The largest absolute Gasteiger partial charge is 0.396 e. The van der Waals surface area contributed by atoms with Crippen LogP contribution in [0.1, 0.15) is 25.5 Å². The fraction of sp³-hybridized carbons (Fsp3) is 0.538.